The molecule has 1 aromatic rings. The number of carbonyl (C=O) groups is 1. The molecule has 0 aliphatic rings. The quantitative estimate of drug-likeness (QED) is 0.473. The first-order chi connectivity index (χ1) is 8.13. The van der Waals surface area contributed by atoms with E-state index in [0.717, 1.165) is 0 Å². The van der Waals surface area contributed by atoms with E-state index in [-0.39, 0.29) is 11.1 Å². The molecule has 0 aliphatic carbocycles. The topological polar surface area (TPSA) is 94.1 Å². The van der Waals surface area contributed by atoms with Crippen molar-refractivity contribution in [2.75, 3.05) is 7.11 Å². The van der Waals surface area contributed by atoms with Crippen LogP contribution in [-0.4, -0.2) is 18.2 Å². The first kappa shape index (κ1) is 12.3. The van der Waals surface area contributed by atoms with E-state index in [1.54, 1.807) is 12.1 Å². The van der Waals surface area contributed by atoms with Crippen molar-refractivity contribution < 1.29 is 14.6 Å². The molecule has 0 spiro atoms. The monoisotopic (exact) mass is 228 g/mol. The lowest BCUT2D eigenvalue weighted by Gasteiger charge is -2.02. The Morgan fingerprint density at radius 3 is 2.06 bits per heavy atom. The fourth-order valence-electron chi connectivity index (χ4n) is 1.16. The maximum atomic E-state index is 11.1. The smallest absolute Gasteiger partial charge is 0.337 e. The number of carbonyl (C=O) groups excluding carboxylic acids is 1. The molecule has 0 atom stereocenters. The van der Waals surface area contributed by atoms with Crippen LogP contribution in [0.4, 0.5) is 0 Å². The molecule has 0 aliphatic heterocycles. The molecule has 0 amide bonds. The van der Waals surface area contributed by atoms with Gasteiger partial charge in [0.25, 0.3) is 0 Å². The van der Waals surface area contributed by atoms with Crippen molar-refractivity contribution in [1.29, 1.82) is 10.5 Å². The Morgan fingerprint density at radius 2 is 1.65 bits per heavy atom. The minimum Gasteiger partial charge on any atom is -0.505 e. The van der Waals surface area contributed by atoms with E-state index >= 15 is 0 Å². The van der Waals surface area contributed by atoms with E-state index in [4.69, 9.17) is 10.5 Å². The van der Waals surface area contributed by atoms with Crippen molar-refractivity contribution in [3.63, 3.8) is 0 Å². The number of nitrogens with zero attached hydrogens (tertiary/aromatic N) is 2. The summed E-state index contributed by atoms with van der Waals surface area (Å²) in [5.41, 5.74) is 0.228. The van der Waals surface area contributed by atoms with Gasteiger partial charge < -0.3 is 9.84 Å². The number of esters is 1. The SMILES string of the molecule is COC(=O)c1ccc(C(O)=C(C#N)C#N)cc1. The summed E-state index contributed by atoms with van der Waals surface area (Å²) in [6, 6.07) is 8.87. The molecule has 0 aromatic heterocycles. The average molecular weight is 228 g/mol. The van der Waals surface area contributed by atoms with Crippen LogP contribution in [0.5, 0.6) is 0 Å². The number of hydrogen-bond donors (Lipinski definition) is 1. The summed E-state index contributed by atoms with van der Waals surface area (Å²) in [4.78, 5) is 11.1. The van der Waals surface area contributed by atoms with Crippen LogP contribution in [0.3, 0.4) is 0 Å². The zero-order chi connectivity index (χ0) is 12.8. The van der Waals surface area contributed by atoms with Crippen LogP contribution in [-0.2, 0) is 4.74 Å². The van der Waals surface area contributed by atoms with E-state index in [0.29, 0.717) is 5.56 Å². The second-order valence-corrected chi connectivity index (χ2v) is 3.02. The Bertz CT molecular complexity index is 529. The third kappa shape index (κ3) is 2.61. The average Bonchev–Trinajstić information content (AvgIpc) is 2.39. The number of aliphatic hydroxyl groups excluding tert-OH is 1. The van der Waals surface area contributed by atoms with Crippen LogP contribution < -0.4 is 0 Å². The lowest BCUT2D eigenvalue weighted by molar-refractivity contribution is 0.0600. The molecule has 0 bridgehead atoms. The lowest BCUT2D eigenvalue weighted by Crippen LogP contribution is -2.00. The summed E-state index contributed by atoms with van der Waals surface area (Å²) in [6.07, 6.45) is 0. The molecule has 84 valence electrons. The zero-order valence-electron chi connectivity index (χ0n) is 8.97. The van der Waals surface area contributed by atoms with Crippen molar-refractivity contribution in [1.82, 2.24) is 0 Å². The number of hydrogen-bond acceptors (Lipinski definition) is 5. The summed E-state index contributed by atoms with van der Waals surface area (Å²) >= 11 is 0. The van der Waals surface area contributed by atoms with Gasteiger partial charge in [0.1, 0.15) is 12.1 Å². The molecule has 0 heterocycles. The standard InChI is InChI=1S/C12H8N2O3/c1-17-12(16)9-4-2-8(3-5-9)11(15)10(6-13)7-14/h2-5,15H,1H3. The lowest BCUT2D eigenvalue weighted by atomic mass is 10.1. The van der Waals surface area contributed by atoms with Crippen LogP contribution in [0, 0.1) is 22.7 Å². The minimum absolute atomic E-state index is 0.288. The van der Waals surface area contributed by atoms with Crippen LogP contribution in [0.1, 0.15) is 15.9 Å². The van der Waals surface area contributed by atoms with Gasteiger partial charge in [-0.3, -0.25) is 0 Å². The van der Waals surface area contributed by atoms with Gasteiger partial charge in [-0.05, 0) is 12.1 Å². The van der Waals surface area contributed by atoms with E-state index < -0.39 is 11.7 Å². The Labute approximate surface area is 97.8 Å². The second kappa shape index (κ2) is 5.34. The van der Waals surface area contributed by atoms with Gasteiger partial charge in [0, 0.05) is 5.56 Å². The number of benzene rings is 1. The van der Waals surface area contributed by atoms with Crippen LogP contribution in [0.15, 0.2) is 29.8 Å². The van der Waals surface area contributed by atoms with E-state index in [1.165, 1.54) is 31.4 Å². The van der Waals surface area contributed by atoms with Crippen LogP contribution >= 0.6 is 0 Å². The Morgan fingerprint density at radius 1 is 1.18 bits per heavy atom. The first-order valence-corrected chi connectivity index (χ1v) is 4.56. The molecule has 1 N–H and O–H groups in total. The van der Waals surface area contributed by atoms with Crippen molar-refractivity contribution in [2.24, 2.45) is 0 Å². The van der Waals surface area contributed by atoms with Gasteiger partial charge in [0.2, 0.25) is 0 Å². The highest BCUT2D eigenvalue weighted by Crippen LogP contribution is 2.16. The summed E-state index contributed by atoms with van der Waals surface area (Å²) in [6.45, 7) is 0. The van der Waals surface area contributed by atoms with E-state index in [9.17, 15) is 9.90 Å². The summed E-state index contributed by atoms with van der Waals surface area (Å²) < 4.78 is 4.51. The highest BCUT2D eigenvalue weighted by molar-refractivity contribution is 5.89. The fourth-order valence-corrected chi connectivity index (χ4v) is 1.16. The molecule has 5 nitrogen and oxygen atoms in total. The molecular weight excluding hydrogens is 220 g/mol. The predicted octanol–water partition coefficient (Wildman–Crippen LogP) is 1.79. The Hall–Kier alpha value is -2.79. The van der Waals surface area contributed by atoms with E-state index in [2.05, 4.69) is 4.74 Å². The van der Waals surface area contributed by atoms with Gasteiger partial charge in [0.05, 0.1) is 12.7 Å². The molecule has 0 fully saturated rings. The molecule has 0 radical (unpaired) electrons. The number of nitriles is 2. The third-order valence-electron chi connectivity index (χ3n) is 2.04. The van der Waals surface area contributed by atoms with Gasteiger partial charge in [0.15, 0.2) is 11.3 Å². The van der Waals surface area contributed by atoms with Crippen molar-refractivity contribution in [3.05, 3.63) is 41.0 Å². The van der Waals surface area contributed by atoms with Gasteiger partial charge in [-0.25, -0.2) is 4.79 Å². The van der Waals surface area contributed by atoms with Crippen molar-refractivity contribution >= 4 is 11.7 Å². The Balaban J connectivity index is 3.13. The van der Waals surface area contributed by atoms with Crippen LogP contribution in [0.25, 0.3) is 5.76 Å². The zero-order valence-corrected chi connectivity index (χ0v) is 8.97. The predicted molar refractivity (Wildman–Crippen MR) is 58.6 cm³/mol. The molecule has 1 rings (SSSR count). The highest BCUT2D eigenvalue weighted by Gasteiger charge is 2.09. The summed E-state index contributed by atoms with van der Waals surface area (Å²) in [5, 5.41) is 26.7. The van der Waals surface area contributed by atoms with Crippen LogP contribution in [0.2, 0.25) is 0 Å². The van der Waals surface area contributed by atoms with Gasteiger partial charge in [-0.2, -0.15) is 10.5 Å². The molecule has 0 saturated carbocycles. The minimum atomic E-state index is -0.499. The van der Waals surface area contributed by atoms with Gasteiger partial charge in [-0.15, -0.1) is 0 Å². The number of allylic oxidation sites excluding steroid dienone is 1. The maximum Gasteiger partial charge on any atom is 0.337 e. The molecule has 0 saturated heterocycles. The molecule has 5 heteroatoms. The Kier molecular flexibility index (Phi) is 3.86. The molecule has 0 unspecified atom stereocenters. The van der Waals surface area contributed by atoms with Gasteiger partial charge >= 0.3 is 5.97 Å². The maximum absolute atomic E-state index is 11.1. The number of ether oxygens (including phenoxy) is 1. The highest BCUT2D eigenvalue weighted by atomic mass is 16.5. The largest absolute Gasteiger partial charge is 0.505 e. The van der Waals surface area contributed by atoms with Gasteiger partial charge in [-0.1, -0.05) is 12.1 Å². The molecular formula is C12H8N2O3. The number of methoxy groups -OCH3 is 1. The van der Waals surface area contributed by atoms with E-state index in [1.807, 2.05) is 0 Å². The number of aliphatic hydroxyl groups is 1. The first-order valence-electron chi connectivity index (χ1n) is 4.56. The molecule has 1 aromatic carbocycles. The normalized spacial score (nSPS) is 8.65. The van der Waals surface area contributed by atoms with Crippen molar-refractivity contribution in [2.45, 2.75) is 0 Å². The fraction of sp³-hybridized carbons (Fsp3) is 0.0833. The number of rotatable bonds is 2. The molecule has 17 heavy (non-hydrogen) atoms. The summed E-state index contributed by atoms with van der Waals surface area (Å²) in [7, 11) is 1.26. The second-order valence-electron chi connectivity index (χ2n) is 3.02. The van der Waals surface area contributed by atoms with Crippen molar-refractivity contribution in [3.8, 4) is 12.1 Å². The summed E-state index contributed by atoms with van der Waals surface area (Å²) in [5.74, 6) is -0.910. The third-order valence-corrected chi connectivity index (χ3v) is 2.04.